The van der Waals surface area contributed by atoms with Crippen molar-refractivity contribution in [2.24, 2.45) is 5.41 Å². The van der Waals surface area contributed by atoms with Crippen LogP contribution < -0.4 is 5.32 Å². The number of hydrogen-bond acceptors (Lipinski definition) is 2. The second-order valence-corrected chi connectivity index (χ2v) is 6.34. The van der Waals surface area contributed by atoms with Crippen molar-refractivity contribution in [1.29, 1.82) is 0 Å². The van der Waals surface area contributed by atoms with Crippen LogP contribution in [0.5, 0.6) is 0 Å². The van der Waals surface area contributed by atoms with E-state index < -0.39 is 10.4 Å². The second-order valence-electron chi connectivity index (χ2n) is 4.86. The lowest BCUT2D eigenvalue weighted by Gasteiger charge is -2.13. The molecule has 1 aliphatic rings. The summed E-state index contributed by atoms with van der Waals surface area (Å²) in [5.74, 6) is 0. The number of rotatable bonds is 4. The van der Waals surface area contributed by atoms with Gasteiger partial charge in [0.25, 0.3) is 0 Å². The van der Waals surface area contributed by atoms with E-state index >= 15 is 0 Å². The van der Waals surface area contributed by atoms with Crippen molar-refractivity contribution < 1.29 is 9.53 Å². The number of amides is 1. The molecule has 0 saturated heterocycles. The highest BCUT2D eigenvalue weighted by molar-refractivity contribution is 6.51. The number of benzene rings is 1. The zero-order valence-electron chi connectivity index (χ0n) is 10.1. The first kappa shape index (κ1) is 13.5. The average molecular weight is 288 g/mol. The Bertz CT molecular complexity index is 436. The van der Waals surface area contributed by atoms with Gasteiger partial charge in [0.1, 0.15) is 10.9 Å². The van der Waals surface area contributed by atoms with Gasteiger partial charge in [-0.05, 0) is 12.0 Å². The lowest BCUT2D eigenvalue weighted by Crippen LogP contribution is -2.31. The predicted molar refractivity (Wildman–Crippen MR) is 71.8 cm³/mol. The van der Waals surface area contributed by atoms with Gasteiger partial charge >= 0.3 is 6.09 Å². The topological polar surface area (TPSA) is 38.3 Å². The van der Waals surface area contributed by atoms with Gasteiger partial charge in [0.05, 0.1) is 0 Å². The van der Waals surface area contributed by atoms with E-state index in [2.05, 4.69) is 5.32 Å². The van der Waals surface area contributed by atoms with E-state index in [0.29, 0.717) is 13.0 Å². The van der Waals surface area contributed by atoms with Crippen LogP contribution in [0.2, 0.25) is 0 Å². The fraction of sp³-hybridized carbons (Fsp3) is 0.462. The highest BCUT2D eigenvalue weighted by Gasteiger charge is 2.62. The maximum atomic E-state index is 11.5. The van der Waals surface area contributed by atoms with Gasteiger partial charge in [-0.15, -0.1) is 23.2 Å². The van der Waals surface area contributed by atoms with E-state index in [1.165, 1.54) is 0 Å². The Balaban J connectivity index is 1.71. The van der Waals surface area contributed by atoms with Gasteiger partial charge < -0.3 is 10.1 Å². The van der Waals surface area contributed by atoms with Crippen LogP contribution in [-0.2, 0) is 11.3 Å². The smallest absolute Gasteiger partial charge is 0.407 e. The summed E-state index contributed by atoms with van der Waals surface area (Å²) >= 11 is 12.0. The van der Waals surface area contributed by atoms with Gasteiger partial charge in [0, 0.05) is 12.0 Å². The van der Waals surface area contributed by atoms with Crippen molar-refractivity contribution >= 4 is 29.3 Å². The van der Waals surface area contributed by atoms with Gasteiger partial charge in [-0.1, -0.05) is 37.3 Å². The maximum absolute atomic E-state index is 11.5. The molecular formula is C13H15Cl2NO2. The van der Waals surface area contributed by atoms with E-state index in [0.717, 1.165) is 5.56 Å². The Morgan fingerprint density at radius 3 is 2.56 bits per heavy atom. The molecule has 3 nitrogen and oxygen atoms in total. The molecule has 98 valence electrons. The lowest BCUT2D eigenvalue weighted by molar-refractivity contribution is 0.137. The monoisotopic (exact) mass is 287 g/mol. The SMILES string of the molecule is CC1(CNC(=O)OCc2ccccc2)CC1(Cl)Cl. The van der Waals surface area contributed by atoms with Crippen LogP contribution in [0.15, 0.2) is 30.3 Å². The van der Waals surface area contributed by atoms with Crippen molar-refractivity contribution in [2.75, 3.05) is 6.54 Å². The molecule has 1 aromatic rings. The van der Waals surface area contributed by atoms with Crippen LogP contribution in [0.4, 0.5) is 4.79 Å². The summed E-state index contributed by atoms with van der Waals surface area (Å²) in [6, 6.07) is 9.52. The summed E-state index contributed by atoms with van der Waals surface area (Å²) in [4.78, 5) is 11.5. The second kappa shape index (κ2) is 4.98. The molecule has 1 unspecified atom stereocenters. The molecule has 1 fully saturated rings. The van der Waals surface area contributed by atoms with E-state index in [-0.39, 0.29) is 12.0 Å². The van der Waals surface area contributed by atoms with Gasteiger partial charge in [-0.3, -0.25) is 0 Å². The van der Waals surface area contributed by atoms with Crippen LogP contribution in [0.3, 0.4) is 0 Å². The first-order chi connectivity index (χ1) is 8.43. The fourth-order valence-electron chi connectivity index (χ4n) is 1.68. The molecule has 1 amide bonds. The van der Waals surface area contributed by atoms with Gasteiger partial charge in [-0.25, -0.2) is 4.79 Å². The third-order valence-electron chi connectivity index (χ3n) is 3.21. The third kappa shape index (κ3) is 3.09. The summed E-state index contributed by atoms with van der Waals surface area (Å²) in [6.07, 6.45) is 0.235. The molecule has 1 aliphatic carbocycles. The Morgan fingerprint density at radius 1 is 1.39 bits per heavy atom. The molecule has 2 rings (SSSR count). The molecule has 0 radical (unpaired) electrons. The molecule has 5 heteroatoms. The molecule has 1 saturated carbocycles. The van der Waals surface area contributed by atoms with Crippen molar-refractivity contribution in [3.05, 3.63) is 35.9 Å². The fourth-order valence-corrected chi connectivity index (χ4v) is 2.40. The Morgan fingerprint density at radius 2 is 2.00 bits per heavy atom. The highest BCUT2D eigenvalue weighted by atomic mass is 35.5. The van der Waals surface area contributed by atoms with Crippen molar-refractivity contribution in [2.45, 2.75) is 24.3 Å². The number of hydrogen-bond donors (Lipinski definition) is 1. The normalized spacial score (nSPS) is 24.4. The van der Waals surface area contributed by atoms with E-state index in [4.69, 9.17) is 27.9 Å². The van der Waals surface area contributed by atoms with Crippen LogP contribution in [-0.4, -0.2) is 17.0 Å². The summed E-state index contributed by atoms with van der Waals surface area (Å²) in [7, 11) is 0. The molecule has 18 heavy (non-hydrogen) atoms. The predicted octanol–water partition coefficient (Wildman–Crippen LogP) is 3.50. The number of alkyl halides is 2. The number of carbonyl (C=O) groups excluding carboxylic acids is 1. The molecule has 0 aromatic heterocycles. The maximum Gasteiger partial charge on any atom is 0.407 e. The van der Waals surface area contributed by atoms with Gasteiger partial charge in [0.15, 0.2) is 0 Å². The lowest BCUT2D eigenvalue weighted by atomic mass is 10.1. The van der Waals surface area contributed by atoms with Crippen LogP contribution in [0, 0.1) is 5.41 Å². The summed E-state index contributed by atoms with van der Waals surface area (Å²) in [5, 5.41) is 2.68. The van der Waals surface area contributed by atoms with Crippen LogP contribution in [0.25, 0.3) is 0 Å². The van der Waals surface area contributed by atoms with Crippen LogP contribution >= 0.6 is 23.2 Å². The van der Waals surface area contributed by atoms with Crippen LogP contribution in [0.1, 0.15) is 18.9 Å². The van der Waals surface area contributed by atoms with E-state index in [1.54, 1.807) is 0 Å². The number of halogens is 2. The standard InChI is InChI=1S/C13H15Cl2NO2/c1-12(8-13(12,14)15)9-16-11(17)18-7-10-5-3-2-4-6-10/h2-6H,7-9H2,1H3,(H,16,17). The molecule has 1 N–H and O–H groups in total. The highest BCUT2D eigenvalue weighted by Crippen LogP contribution is 2.63. The quantitative estimate of drug-likeness (QED) is 0.861. The Hall–Kier alpha value is -0.930. The molecular weight excluding hydrogens is 273 g/mol. The van der Waals surface area contributed by atoms with Gasteiger partial charge in [0.2, 0.25) is 0 Å². The number of ether oxygens (including phenoxy) is 1. The first-order valence-corrected chi connectivity index (χ1v) is 6.51. The molecule has 1 atom stereocenters. The third-order valence-corrected chi connectivity index (χ3v) is 4.39. The van der Waals surface area contributed by atoms with Crippen molar-refractivity contribution in [1.82, 2.24) is 5.32 Å². The molecule has 0 spiro atoms. The molecule has 0 heterocycles. The average Bonchev–Trinajstić information content (AvgIpc) is 2.85. The number of alkyl carbamates (subject to hydrolysis) is 1. The minimum absolute atomic E-state index is 0.248. The van der Waals surface area contributed by atoms with Crippen molar-refractivity contribution in [3.63, 3.8) is 0 Å². The summed E-state index contributed by atoms with van der Waals surface area (Å²) in [5.41, 5.74) is 0.705. The minimum atomic E-state index is -0.723. The molecule has 1 aromatic carbocycles. The number of nitrogens with one attached hydrogen (secondary N) is 1. The van der Waals surface area contributed by atoms with E-state index in [9.17, 15) is 4.79 Å². The minimum Gasteiger partial charge on any atom is -0.445 e. The molecule has 0 bridgehead atoms. The first-order valence-electron chi connectivity index (χ1n) is 5.75. The van der Waals surface area contributed by atoms with E-state index in [1.807, 2.05) is 37.3 Å². The van der Waals surface area contributed by atoms with Gasteiger partial charge in [-0.2, -0.15) is 0 Å². The van der Waals surface area contributed by atoms with Crippen molar-refractivity contribution in [3.8, 4) is 0 Å². The summed E-state index contributed by atoms with van der Waals surface area (Å²) in [6.45, 7) is 2.62. The zero-order chi connectivity index (χ0) is 13.2. The number of carbonyl (C=O) groups is 1. The Labute approximate surface area is 116 Å². The summed E-state index contributed by atoms with van der Waals surface area (Å²) < 4.78 is 4.36. The molecule has 0 aliphatic heterocycles. The zero-order valence-corrected chi connectivity index (χ0v) is 11.6. The largest absolute Gasteiger partial charge is 0.445 e. The Kier molecular flexibility index (Phi) is 3.74.